The van der Waals surface area contributed by atoms with Gasteiger partial charge in [-0.3, -0.25) is 9.59 Å². The lowest BCUT2D eigenvalue weighted by molar-refractivity contribution is 0.103. The molecule has 0 aromatic heterocycles. The Morgan fingerprint density at radius 2 is 1.23 bits per heavy atom. The number of ether oxygens (including phenoxy) is 3. The van der Waals surface area contributed by atoms with Gasteiger partial charge < -0.3 is 18.8 Å². The third kappa shape index (κ3) is 3.97. The maximum atomic E-state index is 14.6. The van der Waals surface area contributed by atoms with Crippen LogP contribution >= 0.6 is 18.7 Å². The van der Waals surface area contributed by atoms with Crippen molar-refractivity contribution in [3.05, 3.63) is 82.9 Å². The number of rotatable bonds is 8. The SMILES string of the molecule is COc1cccc(OC)c1C(=O)P(=O)(C(=O)c1ccccc1)c1c(Cl)cccc1OC. The second-order valence-electron chi connectivity index (χ2n) is 6.41. The minimum absolute atomic E-state index is 0.0193. The molecule has 1 atom stereocenters. The summed E-state index contributed by atoms with van der Waals surface area (Å²) in [6, 6.07) is 17.1. The smallest absolute Gasteiger partial charge is 0.254 e. The lowest BCUT2D eigenvalue weighted by atomic mass is 10.2. The summed E-state index contributed by atoms with van der Waals surface area (Å²) in [5, 5.41) is -0.180. The van der Waals surface area contributed by atoms with Gasteiger partial charge in [0, 0.05) is 5.56 Å². The molecule has 0 bridgehead atoms. The molecule has 31 heavy (non-hydrogen) atoms. The lowest BCUT2D eigenvalue weighted by Crippen LogP contribution is -2.23. The number of carbonyl (C=O) groups excluding carboxylic acids is 2. The van der Waals surface area contributed by atoms with Gasteiger partial charge in [-0.1, -0.05) is 54.1 Å². The Labute approximate surface area is 185 Å². The predicted octanol–water partition coefficient (Wildman–Crippen LogP) is 5.04. The molecule has 0 heterocycles. The van der Waals surface area contributed by atoms with Crippen molar-refractivity contribution in [2.45, 2.75) is 0 Å². The van der Waals surface area contributed by atoms with Crippen LogP contribution in [0.25, 0.3) is 0 Å². The summed E-state index contributed by atoms with van der Waals surface area (Å²) in [5.41, 5.74) is -1.82. The average molecular weight is 459 g/mol. The second-order valence-corrected chi connectivity index (χ2v) is 9.30. The first-order valence-electron chi connectivity index (χ1n) is 9.19. The van der Waals surface area contributed by atoms with E-state index in [2.05, 4.69) is 0 Å². The molecule has 1 unspecified atom stereocenters. The molecule has 0 aliphatic carbocycles. The Balaban J connectivity index is 2.38. The maximum absolute atomic E-state index is 14.6. The molecule has 3 aromatic carbocycles. The first-order chi connectivity index (χ1) is 14.9. The third-order valence-electron chi connectivity index (χ3n) is 4.72. The van der Waals surface area contributed by atoms with Crippen LogP contribution in [-0.2, 0) is 4.57 Å². The standard InChI is InChI=1S/C23H20ClO6P/c1-28-17-12-8-13-18(29-2)20(17)23(26)31(27,22(25)15-9-5-4-6-10-15)21-16(24)11-7-14-19(21)30-3/h4-14H,1-3H3. The molecule has 0 N–H and O–H groups in total. The summed E-state index contributed by atoms with van der Waals surface area (Å²) >= 11 is 6.38. The molecule has 8 heteroatoms. The lowest BCUT2D eigenvalue weighted by Gasteiger charge is -2.22. The molecule has 3 rings (SSSR count). The maximum Gasteiger partial charge on any atom is 0.254 e. The van der Waals surface area contributed by atoms with Crippen LogP contribution in [0, 0.1) is 0 Å². The Morgan fingerprint density at radius 1 is 0.710 bits per heavy atom. The van der Waals surface area contributed by atoms with Crippen molar-refractivity contribution in [3.8, 4) is 17.2 Å². The van der Waals surface area contributed by atoms with E-state index in [1.165, 1.54) is 57.7 Å². The van der Waals surface area contributed by atoms with E-state index < -0.39 is 18.2 Å². The Bertz CT molecular complexity index is 1150. The summed E-state index contributed by atoms with van der Waals surface area (Å²) in [6.07, 6.45) is 0. The molecule has 0 saturated carbocycles. The van der Waals surface area contributed by atoms with Gasteiger partial charge in [0.25, 0.3) is 7.14 Å². The van der Waals surface area contributed by atoms with Gasteiger partial charge in [-0.2, -0.15) is 0 Å². The van der Waals surface area contributed by atoms with Crippen LogP contribution in [0.3, 0.4) is 0 Å². The highest BCUT2D eigenvalue weighted by atomic mass is 35.5. The molecule has 0 radical (unpaired) electrons. The average Bonchev–Trinajstić information content (AvgIpc) is 2.82. The van der Waals surface area contributed by atoms with Crippen molar-refractivity contribution in [1.29, 1.82) is 0 Å². The van der Waals surface area contributed by atoms with Gasteiger partial charge in [0.2, 0.25) is 11.0 Å². The quantitative estimate of drug-likeness (QED) is 0.440. The van der Waals surface area contributed by atoms with Crippen LogP contribution in [0.15, 0.2) is 66.7 Å². The number of halogens is 1. The van der Waals surface area contributed by atoms with Crippen molar-refractivity contribution < 1.29 is 28.4 Å². The largest absolute Gasteiger partial charge is 0.496 e. The van der Waals surface area contributed by atoms with E-state index in [-0.39, 0.29) is 38.7 Å². The van der Waals surface area contributed by atoms with E-state index in [0.717, 1.165) is 0 Å². The fraction of sp³-hybridized carbons (Fsp3) is 0.130. The monoisotopic (exact) mass is 458 g/mol. The summed E-state index contributed by atoms with van der Waals surface area (Å²) in [4.78, 5) is 27.5. The van der Waals surface area contributed by atoms with Crippen LogP contribution in [0.4, 0.5) is 0 Å². The van der Waals surface area contributed by atoms with Gasteiger partial charge in [-0.05, 0) is 24.3 Å². The van der Waals surface area contributed by atoms with E-state index in [9.17, 15) is 14.2 Å². The molecule has 0 aliphatic rings. The minimum Gasteiger partial charge on any atom is -0.496 e. The van der Waals surface area contributed by atoms with Crippen molar-refractivity contribution >= 4 is 35.1 Å². The molecule has 160 valence electrons. The van der Waals surface area contributed by atoms with Crippen LogP contribution < -0.4 is 19.5 Å². The van der Waals surface area contributed by atoms with Crippen LogP contribution in [0.1, 0.15) is 20.7 Å². The highest BCUT2D eigenvalue weighted by Crippen LogP contribution is 2.56. The Kier molecular flexibility index (Phi) is 6.84. The van der Waals surface area contributed by atoms with Gasteiger partial charge in [0.15, 0.2) is 0 Å². The van der Waals surface area contributed by atoms with Gasteiger partial charge in [-0.15, -0.1) is 0 Å². The molecular formula is C23H20ClO6P. The fourth-order valence-electron chi connectivity index (χ4n) is 3.24. The summed E-state index contributed by atoms with van der Waals surface area (Å²) in [7, 11) is -0.483. The fourth-order valence-corrected chi connectivity index (χ4v) is 6.26. The second kappa shape index (κ2) is 9.38. The van der Waals surface area contributed by atoms with Crippen molar-refractivity contribution in [2.75, 3.05) is 21.3 Å². The summed E-state index contributed by atoms with van der Waals surface area (Å²) < 4.78 is 30.5. The molecule has 0 amide bonds. The predicted molar refractivity (Wildman–Crippen MR) is 120 cm³/mol. The molecule has 3 aromatic rings. The number of methoxy groups -OCH3 is 3. The van der Waals surface area contributed by atoms with Crippen molar-refractivity contribution in [2.24, 2.45) is 0 Å². The highest BCUT2D eigenvalue weighted by molar-refractivity contribution is 8.01. The Hall–Kier alpha value is -3.08. The number of benzene rings is 3. The Morgan fingerprint density at radius 3 is 1.77 bits per heavy atom. The molecule has 0 spiro atoms. The van der Waals surface area contributed by atoms with Crippen molar-refractivity contribution in [1.82, 2.24) is 0 Å². The zero-order chi connectivity index (χ0) is 22.6. The summed E-state index contributed by atoms with van der Waals surface area (Å²) in [6.45, 7) is 0. The topological polar surface area (TPSA) is 78.9 Å². The zero-order valence-corrected chi connectivity index (χ0v) is 18.8. The van der Waals surface area contributed by atoms with Gasteiger partial charge in [0.05, 0.1) is 31.7 Å². The van der Waals surface area contributed by atoms with Gasteiger partial charge in [-0.25, -0.2) is 0 Å². The highest BCUT2D eigenvalue weighted by Gasteiger charge is 2.48. The van der Waals surface area contributed by atoms with E-state index in [4.69, 9.17) is 25.8 Å². The molecule has 0 aliphatic heterocycles. The normalized spacial score (nSPS) is 12.5. The van der Waals surface area contributed by atoms with Crippen molar-refractivity contribution in [3.63, 3.8) is 0 Å². The zero-order valence-electron chi connectivity index (χ0n) is 17.1. The van der Waals surface area contributed by atoms with E-state index >= 15 is 0 Å². The first-order valence-corrected chi connectivity index (χ1v) is 11.3. The van der Waals surface area contributed by atoms with Gasteiger partial charge in [0.1, 0.15) is 22.8 Å². The summed E-state index contributed by atoms with van der Waals surface area (Å²) in [5.74, 6) is 0.315. The first kappa shape index (κ1) is 22.6. The number of carbonyl (C=O) groups is 2. The van der Waals surface area contributed by atoms with E-state index in [0.29, 0.717) is 0 Å². The van der Waals surface area contributed by atoms with Crippen LogP contribution in [-0.4, -0.2) is 32.4 Å². The molecule has 0 saturated heterocycles. The third-order valence-corrected chi connectivity index (χ3v) is 7.88. The van der Waals surface area contributed by atoms with Crippen LogP contribution in [0.5, 0.6) is 17.2 Å². The number of hydrogen-bond donors (Lipinski definition) is 0. The number of hydrogen-bond acceptors (Lipinski definition) is 6. The molecule has 0 fully saturated rings. The van der Waals surface area contributed by atoms with E-state index in [1.807, 2.05) is 0 Å². The van der Waals surface area contributed by atoms with Gasteiger partial charge >= 0.3 is 0 Å². The molecule has 6 nitrogen and oxygen atoms in total. The van der Waals surface area contributed by atoms with E-state index in [1.54, 1.807) is 30.3 Å². The minimum atomic E-state index is -4.56. The van der Waals surface area contributed by atoms with Crippen LogP contribution in [0.2, 0.25) is 5.02 Å². The molecular weight excluding hydrogens is 439 g/mol.